The molecule has 0 spiro atoms. The minimum absolute atomic E-state index is 0. The first kappa shape index (κ1) is 58.7. The number of hydrogen-bond acceptors (Lipinski definition) is 8. The molecule has 4 N–H and O–H groups in total. The fourth-order valence-corrected chi connectivity index (χ4v) is 0. The second-order valence-corrected chi connectivity index (χ2v) is 1.97. The molecule has 10 nitrogen and oxygen atoms in total. The molecule has 0 aromatic carbocycles. The zero-order chi connectivity index (χ0) is 14.3. The van der Waals surface area contributed by atoms with Gasteiger partial charge in [-0.25, -0.2) is 0 Å². The Bertz CT molecular complexity index is 170. The number of rotatable bonds is 0. The summed E-state index contributed by atoms with van der Waals surface area (Å²) in [6.45, 7) is 3.89. The molecular formula is C8H16O10Rh3+2. The van der Waals surface area contributed by atoms with Gasteiger partial charge in [-0.05, 0) is 27.7 Å². The van der Waals surface area contributed by atoms with Crippen molar-refractivity contribution in [2.45, 2.75) is 27.7 Å². The molecule has 0 fully saturated rings. The molecule has 3 radical (unpaired) electrons. The standard InChI is InChI=1S/4C2H4O2.2H2O.3Rh/c4*1-2(3)4;;;;;/h4*1H3,(H,3,4);2*1H2;;;/q;;;;;;3*+2/p-4. The first-order chi connectivity index (χ1) is 6.93. The normalized spacial score (nSPS) is 4.76. The van der Waals surface area contributed by atoms with Crippen molar-refractivity contribution in [1.29, 1.82) is 0 Å². The van der Waals surface area contributed by atoms with E-state index < -0.39 is 23.9 Å². The molecule has 0 heterocycles. The molecule has 0 aromatic heterocycles. The van der Waals surface area contributed by atoms with Crippen molar-refractivity contribution in [1.82, 2.24) is 0 Å². The van der Waals surface area contributed by atoms with E-state index >= 15 is 0 Å². The van der Waals surface area contributed by atoms with Gasteiger partial charge in [-0.2, -0.15) is 0 Å². The predicted octanol–water partition coefficient (Wildman–Crippen LogP) is -6.63. The van der Waals surface area contributed by atoms with Crippen LogP contribution in [0.2, 0.25) is 0 Å². The Balaban J connectivity index is -0.0000000121. The van der Waals surface area contributed by atoms with Crippen LogP contribution in [0, 0.1) is 0 Å². The van der Waals surface area contributed by atoms with Gasteiger partial charge < -0.3 is 50.6 Å². The fourth-order valence-electron chi connectivity index (χ4n) is 0. The molecule has 0 aliphatic heterocycles. The zero-order valence-electron chi connectivity index (χ0n) is 11.3. The maximum Gasteiger partial charge on any atom is 2.00 e. The maximum absolute atomic E-state index is 8.89. The molecule has 0 aromatic rings. The molecular weight excluding hydrogens is 565 g/mol. The fraction of sp³-hybridized carbons (Fsp3) is 0.500. The van der Waals surface area contributed by atoms with Gasteiger partial charge in [0, 0.05) is 23.9 Å². The van der Waals surface area contributed by atoms with Crippen molar-refractivity contribution in [3.63, 3.8) is 0 Å². The third-order valence-electron chi connectivity index (χ3n) is 0. The van der Waals surface area contributed by atoms with Crippen molar-refractivity contribution < 1.29 is 109 Å². The van der Waals surface area contributed by atoms with Gasteiger partial charge in [0.05, 0.1) is 0 Å². The summed E-state index contributed by atoms with van der Waals surface area (Å²) < 4.78 is 0. The van der Waals surface area contributed by atoms with E-state index in [9.17, 15) is 0 Å². The van der Waals surface area contributed by atoms with Crippen LogP contribution in [-0.2, 0) is 77.6 Å². The Morgan fingerprint density at radius 3 is 0.476 bits per heavy atom. The van der Waals surface area contributed by atoms with E-state index in [1.54, 1.807) is 0 Å². The Kier molecular flexibility index (Phi) is 141. The number of carboxylic acid groups (broad SMARTS) is 4. The first-order valence-corrected chi connectivity index (χ1v) is 3.63. The summed E-state index contributed by atoms with van der Waals surface area (Å²) in [6.07, 6.45) is 0. The van der Waals surface area contributed by atoms with Gasteiger partial charge in [0.1, 0.15) is 0 Å². The van der Waals surface area contributed by atoms with Crippen LogP contribution >= 0.6 is 0 Å². The van der Waals surface area contributed by atoms with Crippen LogP contribution < -0.4 is 20.4 Å². The summed E-state index contributed by atoms with van der Waals surface area (Å²) in [4.78, 5) is 35.6. The van der Waals surface area contributed by atoms with Crippen molar-refractivity contribution in [2.75, 3.05) is 0 Å². The minimum atomic E-state index is -1.08. The zero-order valence-corrected chi connectivity index (χ0v) is 16.2. The van der Waals surface area contributed by atoms with Crippen LogP contribution in [0.15, 0.2) is 0 Å². The number of carboxylic acids is 4. The summed E-state index contributed by atoms with van der Waals surface area (Å²) in [5.74, 6) is -4.33. The second-order valence-electron chi connectivity index (χ2n) is 1.97. The molecule has 21 heavy (non-hydrogen) atoms. The van der Waals surface area contributed by atoms with Crippen LogP contribution in [0.1, 0.15) is 27.7 Å². The monoisotopic (exact) mass is 581 g/mol. The molecule has 133 valence electrons. The largest absolute Gasteiger partial charge is 2.00 e. The van der Waals surface area contributed by atoms with Gasteiger partial charge >= 0.3 is 58.4 Å². The topological polar surface area (TPSA) is 224 Å². The Morgan fingerprint density at radius 1 is 0.476 bits per heavy atom. The minimum Gasteiger partial charge on any atom is -0.550 e. The molecule has 13 heteroatoms. The van der Waals surface area contributed by atoms with Gasteiger partial charge in [0.15, 0.2) is 0 Å². The molecule has 0 atom stereocenters. The summed E-state index contributed by atoms with van der Waals surface area (Å²) in [5.41, 5.74) is 0. The average molecular weight is 581 g/mol. The van der Waals surface area contributed by atoms with E-state index in [0.29, 0.717) is 0 Å². The number of hydrogen-bond donors (Lipinski definition) is 0. The average Bonchev–Trinajstić information content (AvgIpc) is 1.76. The predicted molar refractivity (Wildman–Crippen MR) is 50.0 cm³/mol. The molecule has 0 unspecified atom stereocenters. The van der Waals surface area contributed by atoms with Gasteiger partial charge in [-0.15, -0.1) is 0 Å². The first-order valence-electron chi connectivity index (χ1n) is 3.63. The van der Waals surface area contributed by atoms with Crippen molar-refractivity contribution in [2.24, 2.45) is 0 Å². The molecule has 0 amide bonds. The van der Waals surface area contributed by atoms with E-state index in [-0.39, 0.29) is 69.4 Å². The summed E-state index contributed by atoms with van der Waals surface area (Å²) in [6, 6.07) is 0. The van der Waals surface area contributed by atoms with Gasteiger partial charge in [-0.1, -0.05) is 0 Å². The van der Waals surface area contributed by atoms with Crippen molar-refractivity contribution >= 4 is 23.9 Å². The summed E-state index contributed by atoms with van der Waals surface area (Å²) in [5, 5.41) is 35.6. The van der Waals surface area contributed by atoms with E-state index in [0.717, 1.165) is 27.7 Å². The molecule has 0 rings (SSSR count). The SMILES string of the molecule is CC(=O)[O-].CC(=O)[O-].CC(=O)[O-].CC(=O)[O-].O.O.[Rh+2].[Rh+2].[Rh+2]. The van der Waals surface area contributed by atoms with Crippen LogP contribution in [0.25, 0.3) is 0 Å². The van der Waals surface area contributed by atoms with E-state index in [4.69, 9.17) is 39.6 Å². The number of carbonyl (C=O) groups is 4. The molecule has 0 bridgehead atoms. The molecule has 0 saturated heterocycles. The van der Waals surface area contributed by atoms with Gasteiger partial charge in [0.2, 0.25) is 0 Å². The Labute approximate surface area is 160 Å². The Hall–Kier alpha value is -0.330. The van der Waals surface area contributed by atoms with Crippen LogP contribution in [0.4, 0.5) is 0 Å². The molecule has 0 saturated carbocycles. The van der Waals surface area contributed by atoms with E-state index in [1.807, 2.05) is 0 Å². The van der Waals surface area contributed by atoms with Crippen LogP contribution in [0.3, 0.4) is 0 Å². The smallest absolute Gasteiger partial charge is 0.550 e. The van der Waals surface area contributed by atoms with Gasteiger partial charge in [0.25, 0.3) is 0 Å². The van der Waals surface area contributed by atoms with Crippen molar-refractivity contribution in [3.8, 4) is 0 Å². The quantitative estimate of drug-likeness (QED) is 0.250. The third-order valence-corrected chi connectivity index (χ3v) is 0. The van der Waals surface area contributed by atoms with Crippen LogP contribution in [-0.4, -0.2) is 34.8 Å². The summed E-state index contributed by atoms with van der Waals surface area (Å²) >= 11 is 0. The van der Waals surface area contributed by atoms with E-state index in [1.165, 1.54) is 0 Å². The van der Waals surface area contributed by atoms with Crippen molar-refractivity contribution in [3.05, 3.63) is 0 Å². The number of carbonyl (C=O) groups excluding carboxylic acids is 4. The van der Waals surface area contributed by atoms with E-state index in [2.05, 4.69) is 0 Å². The molecule has 0 aliphatic carbocycles. The third kappa shape index (κ3) is 56400. The maximum atomic E-state index is 8.89. The Morgan fingerprint density at radius 2 is 0.476 bits per heavy atom. The van der Waals surface area contributed by atoms with Gasteiger partial charge in [-0.3, -0.25) is 0 Å². The number of aliphatic carboxylic acids is 4. The second kappa shape index (κ2) is 50.3. The van der Waals surface area contributed by atoms with Crippen LogP contribution in [0.5, 0.6) is 0 Å². The summed E-state index contributed by atoms with van der Waals surface area (Å²) in [7, 11) is 0. The molecule has 0 aliphatic rings.